The average Bonchev–Trinajstić information content (AvgIpc) is 2.16. The Hall–Kier alpha value is -1.55. The van der Waals surface area contributed by atoms with Crippen molar-refractivity contribution in [2.24, 2.45) is 0 Å². The van der Waals surface area contributed by atoms with Crippen molar-refractivity contribution < 1.29 is 14.7 Å². The van der Waals surface area contributed by atoms with Gasteiger partial charge in [0.25, 0.3) is 0 Å². The third kappa shape index (κ3) is 2.59. The summed E-state index contributed by atoms with van der Waals surface area (Å²) in [4.78, 5) is 10.3. The van der Waals surface area contributed by atoms with Gasteiger partial charge in [-0.25, -0.2) is 4.79 Å². The topological polar surface area (TPSA) is 60.6 Å². The first kappa shape index (κ1) is 8.55. The van der Waals surface area contributed by atoms with E-state index in [-0.39, 0.29) is 6.61 Å². The molecule has 4 nitrogen and oxygen atoms in total. The summed E-state index contributed by atoms with van der Waals surface area (Å²) in [5.41, 5.74) is 3.20. The maximum absolute atomic E-state index is 10.3. The fourth-order valence-corrected chi connectivity index (χ4v) is 0.748. The number of hydrogen-bond donors (Lipinski definition) is 1. The summed E-state index contributed by atoms with van der Waals surface area (Å²) in [7, 11) is 0. The van der Waals surface area contributed by atoms with Gasteiger partial charge in [-0.05, 0) is 5.56 Å². The molecule has 0 aliphatic carbocycles. The lowest BCUT2D eigenvalue weighted by Crippen LogP contribution is -2.12. The van der Waals surface area contributed by atoms with Crippen LogP contribution in [0.4, 0.5) is 4.79 Å². The number of ether oxygens (including phenoxy) is 1. The number of rotatable bonds is 2. The third-order valence-electron chi connectivity index (χ3n) is 1.29. The van der Waals surface area contributed by atoms with Gasteiger partial charge in [0.15, 0.2) is 0 Å². The van der Waals surface area contributed by atoms with Crippen molar-refractivity contribution in [3.63, 3.8) is 0 Å². The number of carbonyl (C=O) groups is 1. The van der Waals surface area contributed by atoms with Crippen LogP contribution >= 0.6 is 0 Å². The molecule has 0 heterocycles. The number of nitrogens with zero attached hydrogens (tertiary/aromatic N) is 1. The Morgan fingerprint density at radius 2 is 2.08 bits per heavy atom. The van der Waals surface area contributed by atoms with Gasteiger partial charge in [0.1, 0.15) is 6.61 Å². The summed E-state index contributed by atoms with van der Waals surface area (Å²) < 4.78 is 4.52. The second-order valence-electron chi connectivity index (χ2n) is 2.14. The predicted molar refractivity (Wildman–Crippen MR) is 40.5 cm³/mol. The second kappa shape index (κ2) is 4.35. The van der Waals surface area contributed by atoms with Crippen molar-refractivity contribution in [3.8, 4) is 0 Å². The number of hydroxylamine groups is 1. The maximum atomic E-state index is 10.3. The third-order valence-corrected chi connectivity index (χ3v) is 1.29. The molecule has 0 aromatic heterocycles. The summed E-state index contributed by atoms with van der Waals surface area (Å²) >= 11 is 0. The highest BCUT2D eigenvalue weighted by Crippen LogP contribution is 2.00. The van der Waals surface area contributed by atoms with Crippen molar-refractivity contribution in [3.05, 3.63) is 35.9 Å². The lowest BCUT2D eigenvalue weighted by molar-refractivity contribution is 0.0797. The van der Waals surface area contributed by atoms with Gasteiger partial charge < -0.3 is 4.74 Å². The Bertz CT molecular complexity index is 248. The van der Waals surface area contributed by atoms with Crippen LogP contribution in [0, 0.1) is 0 Å². The first-order chi connectivity index (χ1) is 5.83. The minimum Gasteiger partial charge on any atom is -0.442 e. The quantitative estimate of drug-likeness (QED) is 0.532. The fraction of sp³-hybridized carbons (Fsp3) is 0.125. The van der Waals surface area contributed by atoms with Gasteiger partial charge >= 0.3 is 6.09 Å². The molecule has 0 aliphatic heterocycles. The molecule has 0 fully saturated rings. The molecule has 0 saturated carbocycles. The number of hydrogen-bond acceptors (Lipinski definition) is 3. The minimum absolute atomic E-state index is 0.129. The van der Waals surface area contributed by atoms with Crippen molar-refractivity contribution in [2.45, 2.75) is 6.61 Å². The van der Waals surface area contributed by atoms with Crippen LogP contribution in [0.1, 0.15) is 5.56 Å². The summed E-state index contributed by atoms with van der Waals surface area (Å²) in [5, 5.41) is 7.96. The van der Waals surface area contributed by atoms with Crippen LogP contribution in [0.2, 0.25) is 0 Å². The summed E-state index contributed by atoms with van der Waals surface area (Å²) in [5.74, 6) is 0. The standard InChI is InChI=1S/C8H8NO3/c10-8(9-11)12-6-7-4-2-1-3-5-7/h1-5,11H,6H2. The van der Waals surface area contributed by atoms with Gasteiger partial charge in [0.2, 0.25) is 0 Å². The largest absolute Gasteiger partial charge is 0.456 e. The highest BCUT2D eigenvalue weighted by molar-refractivity contribution is 5.65. The van der Waals surface area contributed by atoms with Gasteiger partial charge in [-0.3, -0.25) is 5.21 Å². The van der Waals surface area contributed by atoms with Crippen LogP contribution in [0.25, 0.3) is 0 Å². The molecule has 0 saturated heterocycles. The zero-order valence-corrected chi connectivity index (χ0v) is 6.30. The van der Waals surface area contributed by atoms with E-state index in [4.69, 9.17) is 5.21 Å². The highest BCUT2D eigenvalue weighted by atomic mass is 16.6. The average molecular weight is 166 g/mol. The summed E-state index contributed by atoms with van der Waals surface area (Å²) in [6.07, 6.45) is -0.973. The molecule has 0 atom stereocenters. The molecule has 1 amide bonds. The van der Waals surface area contributed by atoms with Crippen molar-refractivity contribution in [1.29, 1.82) is 0 Å². The first-order valence-electron chi connectivity index (χ1n) is 3.38. The van der Waals surface area contributed by atoms with E-state index in [1.807, 2.05) is 30.3 Å². The number of benzene rings is 1. The number of amides is 1. The van der Waals surface area contributed by atoms with Gasteiger partial charge in [0, 0.05) is 0 Å². The predicted octanol–water partition coefficient (Wildman–Crippen LogP) is 1.32. The van der Waals surface area contributed by atoms with Crippen LogP contribution in [-0.4, -0.2) is 11.3 Å². The summed E-state index contributed by atoms with van der Waals surface area (Å²) in [6, 6.07) is 9.15. The van der Waals surface area contributed by atoms with Crippen molar-refractivity contribution in [1.82, 2.24) is 5.48 Å². The Balaban J connectivity index is 2.38. The fourth-order valence-electron chi connectivity index (χ4n) is 0.748. The van der Waals surface area contributed by atoms with Crippen LogP contribution < -0.4 is 5.48 Å². The molecule has 0 spiro atoms. The molecule has 0 aliphatic rings. The van der Waals surface area contributed by atoms with E-state index in [9.17, 15) is 4.79 Å². The van der Waals surface area contributed by atoms with Crippen molar-refractivity contribution in [2.75, 3.05) is 0 Å². The van der Waals surface area contributed by atoms with E-state index in [1.54, 1.807) is 0 Å². The molecule has 12 heavy (non-hydrogen) atoms. The lowest BCUT2D eigenvalue weighted by Gasteiger charge is -2.00. The van der Waals surface area contributed by atoms with E-state index in [0.29, 0.717) is 0 Å². The Morgan fingerprint density at radius 1 is 1.42 bits per heavy atom. The SMILES string of the molecule is O=C([N]O)OCc1ccccc1. The molecule has 0 unspecified atom stereocenters. The Labute approximate surface area is 69.7 Å². The molecule has 1 aromatic carbocycles. The second-order valence-corrected chi connectivity index (χ2v) is 2.14. The molecule has 63 valence electrons. The van der Waals surface area contributed by atoms with E-state index < -0.39 is 6.09 Å². The highest BCUT2D eigenvalue weighted by Gasteiger charge is 2.00. The maximum Gasteiger partial charge on any atom is 0.456 e. The van der Waals surface area contributed by atoms with E-state index in [0.717, 1.165) is 5.56 Å². The Morgan fingerprint density at radius 3 is 2.67 bits per heavy atom. The molecular weight excluding hydrogens is 158 g/mol. The van der Waals surface area contributed by atoms with E-state index in [2.05, 4.69) is 10.2 Å². The van der Waals surface area contributed by atoms with Crippen molar-refractivity contribution >= 4 is 6.09 Å². The van der Waals surface area contributed by atoms with Crippen LogP contribution in [0.15, 0.2) is 30.3 Å². The smallest absolute Gasteiger partial charge is 0.442 e. The molecule has 0 bridgehead atoms. The zero-order valence-electron chi connectivity index (χ0n) is 6.30. The van der Waals surface area contributed by atoms with E-state index >= 15 is 0 Å². The molecule has 1 aromatic rings. The molecular formula is C8H8NO3. The van der Waals surface area contributed by atoms with Crippen LogP contribution in [0.5, 0.6) is 0 Å². The van der Waals surface area contributed by atoms with Gasteiger partial charge in [-0.2, -0.15) is 0 Å². The van der Waals surface area contributed by atoms with Gasteiger partial charge in [-0.1, -0.05) is 35.8 Å². The zero-order chi connectivity index (χ0) is 8.81. The molecule has 1 radical (unpaired) electrons. The lowest BCUT2D eigenvalue weighted by atomic mass is 10.2. The van der Waals surface area contributed by atoms with Gasteiger partial charge in [0.05, 0.1) is 0 Å². The summed E-state index contributed by atoms with van der Waals surface area (Å²) in [6.45, 7) is 0.129. The monoisotopic (exact) mass is 166 g/mol. The Kier molecular flexibility index (Phi) is 3.10. The van der Waals surface area contributed by atoms with Crippen LogP contribution in [-0.2, 0) is 11.3 Å². The van der Waals surface area contributed by atoms with Gasteiger partial charge in [-0.15, -0.1) is 0 Å². The molecule has 1 N–H and O–H groups in total. The normalized spacial score (nSPS) is 9.08. The van der Waals surface area contributed by atoms with Crippen LogP contribution in [0.3, 0.4) is 0 Å². The van der Waals surface area contributed by atoms with E-state index in [1.165, 1.54) is 0 Å². The first-order valence-corrected chi connectivity index (χ1v) is 3.38. The number of carbonyl (C=O) groups excluding carboxylic acids is 1. The molecule has 4 heteroatoms. The minimum atomic E-state index is -0.973. The molecule has 1 rings (SSSR count).